The van der Waals surface area contributed by atoms with Crippen LogP contribution < -0.4 is 5.73 Å². The Hall–Kier alpha value is -1.16. The van der Waals surface area contributed by atoms with Gasteiger partial charge in [0.25, 0.3) is 0 Å². The summed E-state index contributed by atoms with van der Waals surface area (Å²) in [6.07, 6.45) is 3.77. The van der Waals surface area contributed by atoms with Crippen LogP contribution in [0.1, 0.15) is 44.6 Å². The number of hydrogen-bond donors (Lipinski definition) is 1. The molecule has 1 aromatic rings. The van der Waals surface area contributed by atoms with Crippen molar-refractivity contribution in [3.8, 4) is 0 Å². The van der Waals surface area contributed by atoms with Crippen LogP contribution in [0.2, 0.25) is 0 Å². The van der Waals surface area contributed by atoms with E-state index in [0.717, 1.165) is 18.1 Å². The minimum absolute atomic E-state index is 0.576. The molecule has 2 atom stereocenters. The van der Waals surface area contributed by atoms with Crippen molar-refractivity contribution in [3.05, 3.63) is 17.6 Å². The Morgan fingerprint density at radius 1 is 1.41 bits per heavy atom. The number of nitrogen functional groups attached to an aromatic ring is 1. The van der Waals surface area contributed by atoms with Crippen molar-refractivity contribution in [2.24, 2.45) is 0 Å². The third kappa shape index (κ3) is 2.75. The minimum atomic E-state index is 0.576. The first-order chi connectivity index (χ1) is 8.10. The lowest BCUT2D eigenvalue weighted by Gasteiger charge is -2.26. The lowest BCUT2D eigenvalue weighted by atomic mass is 10.1. The van der Waals surface area contributed by atoms with Crippen LogP contribution in [-0.2, 0) is 6.54 Å². The monoisotopic (exact) mass is 234 g/mol. The zero-order valence-electron chi connectivity index (χ0n) is 11.0. The molecule has 1 aliphatic rings. The van der Waals surface area contributed by atoms with Crippen molar-refractivity contribution >= 4 is 5.82 Å². The highest BCUT2D eigenvalue weighted by Gasteiger charge is 2.29. The lowest BCUT2D eigenvalue weighted by molar-refractivity contribution is 0.185. The van der Waals surface area contributed by atoms with Crippen LogP contribution in [0.25, 0.3) is 0 Å². The molecule has 0 radical (unpaired) electrons. The molecule has 0 aromatic carbocycles. The van der Waals surface area contributed by atoms with Crippen LogP contribution in [0.5, 0.6) is 0 Å². The van der Waals surface area contributed by atoms with Crippen molar-refractivity contribution < 1.29 is 0 Å². The van der Waals surface area contributed by atoms with Gasteiger partial charge in [0.1, 0.15) is 11.6 Å². The van der Waals surface area contributed by atoms with E-state index in [1.165, 1.54) is 19.3 Å². The molecular formula is C13H22N4. The van der Waals surface area contributed by atoms with Crippen LogP contribution in [0.3, 0.4) is 0 Å². The highest BCUT2D eigenvalue weighted by molar-refractivity contribution is 5.29. The number of nitrogens with zero attached hydrogens (tertiary/aromatic N) is 3. The van der Waals surface area contributed by atoms with E-state index < -0.39 is 0 Å². The van der Waals surface area contributed by atoms with E-state index in [1.807, 2.05) is 13.0 Å². The van der Waals surface area contributed by atoms with Crippen LogP contribution in [0, 0.1) is 6.92 Å². The Morgan fingerprint density at radius 2 is 2.18 bits per heavy atom. The highest BCUT2D eigenvalue weighted by atomic mass is 15.2. The molecule has 0 bridgehead atoms. The Morgan fingerprint density at radius 3 is 2.82 bits per heavy atom. The first-order valence-corrected chi connectivity index (χ1v) is 6.46. The third-order valence-electron chi connectivity index (χ3n) is 3.67. The van der Waals surface area contributed by atoms with E-state index >= 15 is 0 Å². The maximum atomic E-state index is 5.77. The second kappa shape index (κ2) is 5.00. The van der Waals surface area contributed by atoms with Gasteiger partial charge in [-0.25, -0.2) is 9.97 Å². The molecule has 2 N–H and O–H groups in total. The zero-order valence-corrected chi connectivity index (χ0v) is 11.0. The number of aryl methyl sites for hydroxylation is 1. The summed E-state index contributed by atoms with van der Waals surface area (Å²) in [4.78, 5) is 11.3. The summed E-state index contributed by atoms with van der Waals surface area (Å²) >= 11 is 0. The quantitative estimate of drug-likeness (QED) is 0.870. The van der Waals surface area contributed by atoms with E-state index in [9.17, 15) is 0 Å². The maximum Gasteiger partial charge on any atom is 0.144 e. The second-order valence-corrected chi connectivity index (χ2v) is 5.01. The molecule has 4 heteroatoms. The summed E-state index contributed by atoms with van der Waals surface area (Å²) in [5, 5.41) is 0. The molecule has 2 rings (SSSR count). The molecule has 2 heterocycles. The van der Waals surface area contributed by atoms with Crippen molar-refractivity contribution in [2.75, 3.05) is 5.73 Å². The molecule has 17 heavy (non-hydrogen) atoms. The number of anilines is 1. The predicted octanol–water partition coefficient (Wildman–Crippen LogP) is 2.13. The third-order valence-corrected chi connectivity index (χ3v) is 3.67. The van der Waals surface area contributed by atoms with E-state index in [0.29, 0.717) is 17.9 Å². The number of likely N-dealkylation sites (tertiary alicyclic amines) is 1. The van der Waals surface area contributed by atoms with Gasteiger partial charge in [-0.2, -0.15) is 0 Å². The van der Waals surface area contributed by atoms with Crippen LogP contribution in [0.15, 0.2) is 6.07 Å². The summed E-state index contributed by atoms with van der Waals surface area (Å²) in [6.45, 7) is 7.33. The zero-order chi connectivity index (χ0) is 12.4. The fraction of sp³-hybridized carbons (Fsp3) is 0.692. The summed E-state index contributed by atoms with van der Waals surface area (Å²) in [5.74, 6) is 1.43. The van der Waals surface area contributed by atoms with Crippen molar-refractivity contribution in [1.82, 2.24) is 14.9 Å². The topological polar surface area (TPSA) is 55.0 Å². The molecule has 2 unspecified atom stereocenters. The Bertz CT molecular complexity index is 371. The molecular weight excluding hydrogens is 212 g/mol. The molecule has 94 valence electrons. The van der Waals surface area contributed by atoms with Crippen LogP contribution in [0.4, 0.5) is 5.82 Å². The molecule has 0 amide bonds. The van der Waals surface area contributed by atoms with Crippen molar-refractivity contribution in [2.45, 2.75) is 58.7 Å². The molecule has 0 saturated carbocycles. The van der Waals surface area contributed by atoms with E-state index in [-0.39, 0.29) is 0 Å². The fourth-order valence-corrected chi connectivity index (χ4v) is 2.74. The van der Waals surface area contributed by atoms with E-state index in [2.05, 4.69) is 28.7 Å². The average Bonchev–Trinajstić information content (AvgIpc) is 2.59. The molecule has 1 fully saturated rings. The summed E-state index contributed by atoms with van der Waals surface area (Å²) in [5.41, 5.74) is 6.72. The van der Waals surface area contributed by atoms with Gasteiger partial charge < -0.3 is 5.73 Å². The first kappa shape index (κ1) is 12.3. The van der Waals surface area contributed by atoms with Gasteiger partial charge in [-0.3, -0.25) is 4.90 Å². The van der Waals surface area contributed by atoms with Gasteiger partial charge >= 0.3 is 0 Å². The summed E-state index contributed by atoms with van der Waals surface area (Å²) < 4.78 is 0. The fourth-order valence-electron chi connectivity index (χ4n) is 2.74. The number of aromatic nitrogens is 2. The molecule has 1 saturated heterocycles. The molecule has 0 spiro atoms. The van der Waals surface area contributed by atoms with Gasteiger partial charge in [0, 0.05) is 23.8 Å². The lowest BCUT2D eigenvalue weighted by Crippen LogP contribution is -2.34. The normalized spacial score (nSPS) is 25.4. The van der Waals surface area contributed by atoms with Crippen LogP contribution >= 0.6 is 0 Å². The van der Waals surface area contributed by atoms with Gasteiger partial charge in [0.05, 0.1) is 6.54 Å². The Balaban J connectivity index is 2.13. The highest BCUT2D eigenvalue weighted by Crippen LogP contribution is 2.27. The smallest absolute Gasteiger partial charge is 0.144 e. The minimum Gasteiger partial charge on any atom is -0.384 e. The van der Waals surface area contributed by atoms with E-state index in [4.69, 9.17) is 5.73 Å². The number of hydrogen-bond acceptors (Lipinski definition) is 4. The SMILES string of the molecule is CCC1CCC(C)N1Cc1nc(C)cc(N)n1. The van der Waals surface area contributed by atoms with E-state index in [1.54, 1.807) is 0 Å². The first-order valence-electron chi connectivity index (χ1n) is 6.46. The predicted molar refractivity (Wildman–Crippen MR) is 69.5 cm³/mol. The molecule has 1 aliphatic heterocycles. The summed E-state index contributed by atoms with van der Waals surface area (Å²) in [6, 6.07) is 3.12. The number of rotatable bonds is 3. The standard InChI is InChI=1S/C13H22N4/c1-4-11-6-5-10(3)17(11)8-13-15-9(2)7-12(14)16-13/h7,10-11H,4-6,8H2,1-3H3,(H2,14,15,16). The maximum absolute atomic E-state index is 5.77. The summed E-state index contributed by atoms with van der Waals surface area (Å²) in [7, 11) is 0. The van der Waals surface area contributed by atoms with Gasteiger partial charge in [-0.15, -0.1) is 0 Å². The Kier molecular flexibility index (Phi) is 3.62. The second-order valence-electron chi connectivity index (χ2n) is 5.01. The number of nitrogens with two attached hydrogens (primary N) is 1. The van der Waals surface area contributed by atoms with Crippen molar-refractivity contribution in [3.63, 3.8) is 0 Å². The molecule has 4 nitrogen and oxygen atoms in total. The van der Waals surface area contributed by atoms with Crippen molar-refractivity contribution in [1.29, 1.82) is 0 Å². The molecule has 1 aromatic heterocycles. The van der Waals surface area contributed by atoms with Gasteiger partial charge in [-0.1, -0.05) is 6.92 Å². The van der Waals surface area contributed by atoms with Gasteiger partial charge in [0.2, 0.25) is 0 Å². The van der Waals surface area contributed by atoms with Crippen LogP contribution in [-0.4, -0.2) is 27.0 Å². The molecule has 0 aliphatic carbocycles. The Labute approximate surface area is 103 Å². The van der Waals surface area contributed by atoms with Gasteiger partial charge in [0.15, 0.2) is 0 Å². The average molecular weight is 234 g/mol. The van der Waals surface area contributed by atoms with Gasteiger partial charge in [-0.05, 0) is 33.1 Å². The largest absolute Gasteiger partial charge is 0.384 e.